The molecule has 0 spiro atoms. The van der Waals surface area contributed by atoms with Crippen molar-refractivity contribution in [2.24, 2.45) is 0 Å². The maximum atomic E-state index is 11.2. The number of alkyl halides is 1. The maximum absolute atomic E-state index is 11.2. The average Bonchev–Trinajstić information content (AvgIpc) is 2.21. The van der Waals surface area contributed by atoms with Crippen molar-refractivity contribution in [2.45, 2.75) is 18.2 Å². The summed E-state index contributed by atoms with van der Waals surface area (Å²) in [6.07, 6.45) is 0.638. The number of ether oxygens (including phenoxy) is 1. The molecule has 0 aliphatic carbocycles. The molecule has 0 aliphatic rings. The first-order valence-corrected chi connectivity index (χ1v) is 7.12. The van der Waals surface area contributed by atoms with Gasteiger partial charge in [-0.3, -0.25) is 4.79 Å². The lowest BCUT2D eigenvalue weighted by Crippen LogP contribution is -2.13. The normalized spacial score (nSPS) is 12.3. The van der Waals surface area contributed by atoms with Crippen LogP contribution in [0.4, 0.5) is 0 Å². The average molecular weight is 415 g/mol. The monoisotopic (exact) mass is 412 g/mol. The Morgan fingerprint density at radius 3 is 2.50 bits per heavy atom. The minimum Gasteiger partial charge on any atom is -0.496 e. The second kappa shape index (κ2) is 6.17. The van der Waals surface area contributed by atoms with Crippen molar-refractivity contribution >= 4 is 53.6 Å². The highest BCUT2D eigenvalue weighted by Crippen LogP contribution is 2.32. The van der Waals surface area contributed by atoms with Gasteiger partial charge in [-0.05, 0) is 47.0 Å². The SMILES string of the molecule is COc1cc(CC(Br)C(C)=O)c(Br)cc1Br. The Balaban J connectivity index is 3.00. The van der Waals surface area contributed by atoms with E-state index in [0.29, 0.717) is 6.42 Å². The van der Waals surface area contributed by atoms with Gasteiger partial charge in [0.2, 0.25) is 0 Å². The molecule has 0 radical (unpaired) electrons. The summed E-state index contributed by atoms with van der Waals surface area (Å²) in [6.45, 7) is 1.57. The van der Waals surface area contributed by atoms with Crippen LogP contribution in [0.3, 0.4) is 0 Å². The molecule has 0 aromatic heterocycles. The van der Waals surface area contributed by atoms with Gasteiger partial charge in [0.25, 0.3) is 0 Å². The van der Waals surface area contributed by atoms with E-state index in [2.05, 4.69) is 47.8 Å². The summed E-state index contributed by atoms with van der Waals surface area (Å²) < 4.78 is 7.07. The molecular formula is C11H11Br3O2. The van der Waals surface area contributed by atoms with E-state index in [-0.39, 0.29) is 10.6 Å². The van der Waals surface area contributed by atoms with Gasteiger partial charge in [-0.15, -0.1) is 0 Å². The predicted molar refractivity (Wildman–Crippen MR) is 75.5 cm³/mol. The minimum absolute atomic E-state index is 0.119. The third-order valence-corrected chi connectivity index (χ3v) is 4.49. The zero-order valence-electron chi connectivity index (χ0n) is 8.89. The molecule has 0 heterocycles. The highest BCUT2D eigenvalue weighted by atomic mass is 79.9. The number of benzene rings is 1. The standard InChI is InChI=1S/C11H11Br3O2/c1-6(15)8(12)3-7-4-11(16-2)10(14)5-9(7)13/h4-5,8H,3H2,1-2H3. The van der Waals surface area contributed by atoms with Crippen molar-refractivity contribution in [1.29, 1.82) is 0 Å². The number of ketones is 1. The molecule has 1 aromatic rings. The maximum Gasteiger partial charge on any atom is 0.143 e. The quantitative estimate of drug-likeness (QED) is 0.693. The second-order valence-corrected chi connectivity index (χ2v) is 6.17. The van der Waals surface area contributed by atoms with Crippen molar-refractivity contribution < 1.29 is 9.53 Å². The number of carbonyl (C=O) groups is 1. The highest BCUT2D eigenvalue weighted by Gasteiger charge is 2.14. The molecule has 0 bridgehead atoms. The Hall–Kier alpha value is 0.130. The molecule has 0 aliphatic heterocycles. The van der Waals surface area contributed by atoms with E-state index in [0.717, 1.165) is 20.3 Å². The van der Waals surface area contributed by atoms with Crippen LogP contribution in [-0.2, 0) is 11.2 Å². The van der Waals surface area contributed by atoms with E-state index in [4.69, 9.17) is 4.74 Å². The van der Waals surface area contributed by atoms with E-state index in [1.165, 1.54) is 0 Å². The summed E-state index contributed by atoms with van der Waals surface area (Å²) in [6, 6.07) is 3.85. The molecule has 16 heavy (non-hydrogen) atoms. The third-order valence-electron chi connectivity index (χ3n) is 2.16. The van der Waals surface area contributed by atoms with Gasteiger partial charge in [-0.25, -0.2) is 0 Å². The fourth-order valence-corrected chi connectivity index (χ4v) is 2.89. The molecular weight excluding hydrogens is 404 g/mol. The van der Waals surface area contributed by atoms with Gasteiger partial charge in [-0.1, -0.05) is 31.9 Å². The Kier molecular flexibility index (Phi) is 5.47. The van der Waals surface area contributed by atoms with Gasteiger partial charge in [0.1, 0.15) is 11.5 Å². The number of rotatable bonds is 4. The lowest BCUT2D eigenvalue weighted by Gasteiger charge is -2.11. The lowest BCUT2D eigenvalue weighted by atomic mass is 10.1. The zero-order chi connectivity index (χ0) is 12.3. The molecule has 0 saturated heterocycles. The van der Waals surface area contributed by atoms with Gasteiger partial charge in [-0.2, -0.15) is 0 Å². The molecule has 2 nitrogen and oxygen atoms in total. The minimum atomic E-state index is -0.158. The van der Waals surface area contributed by atoms with E-state index < -0.39 is 0 Å². The molecule has 0 amide bonds. The van der Waals surface area contributed by atoms with Crippen LogP contribution in [0.2, 0.25) is 0 Å². The Morgan fingerprint density at radius 2 is 2.00 bits per heavy atom. The summed E-state index contributed by atoms with van der Waals surface area (Å²) in [4.78, 5) is 11.0. The number of hydrogen-bond acceptors (Lipinski definition) is 2. The molecule has 5 heteroatoms. The van der Waals surface area contributed by atoms with Crippen molar-refractivity contribution in [3.8, 4) is 5.75 Å². The van der Waals surface area contributed by atoms with Crippen LogP contribution in [0, 0.1) is 0 Å². The molecule has 1 aromatic carbocycles. The summed E-state index contributed by atoms with van der Waals surface area (Å²) in [5.74, 6) is 0.884. The topological polar surface area (TPSA) is 26.3 Å². The first-order valence-electron chi connectivity index (χ1n) is 4.62. The molecule has 0 saturated carbocycles. The fourth-order valence-electron chi connectivity index (χ4n) is 1.22. The van der Waals surface area contributed by atoms with Crippen LogP contribution in [-0.4, -0.2) is 17.7 Å². The van der Waals surface area contributed by atoms with Crippen LogP contribution < -0.4 is 4.74 Å². The zero-order valence-corrected chi connectivity index (χ0v) is 13.6. The van der Waals surface area contributed by atoms with Crippen LogP contribution in [0.1, 0.15) is 12.5 Å². The van der Waals surface area contributed by atoms with Crippen molar-refractivity contribution in [2.75, 3.05) is 7.11 Å². The van der Waals surface area contributed by atoms with Crippen LogP contribution >= 0.6 is 47.8 Å². The van der Waals surface area contributed by atoms with E-state index in [1.807, 2.05) is 12.1 Å². The van der Waals surface area contributed by atoms with Gasteiger partial charge in [0, 0.05) is 4.47 Å². The van der Waals surface area contributed by atoms with Crippen LogP contribution in [0.15, 0.2) is 21.1 Å². The van der Waals surface area contributed by atoms with E-state index in [1.54, 1.807) is 14.0 Å². The van der Waals surface area contributed by atoms with Crippen molar-refractivity contribution in [3.63, 3.8) is 0 Å². The number of methoxy groups -OCH3 is 1. The number of halogens is 3. The smallest absolute Gasteiger partial charge is 0.143 e. The van der Waals surface area contributed by atoms with Crippen molar-refractivity contribution in [1.82, 2.24) is 0 Å². The van der Waals surface area contributed by atoms with Gasteiger partial charge in [0.15, 0.2) is 0 Å². The predicted octanol–water partition coefficient (Wildman–Crippen LogP) is 4.12. The Labute approximate surface area is 120 Å². The Morgan fingerprint density at radius 1 is 1.38 bits per heavy atom. The van der Waals surface area contributed by atoms with Crippen molar-refractivity contribution in [3.05, 3.63) is 26.6 Å². The largest absolute Gasteiger partial charge is 0.496 e. The molecule has 0 fully saturated rings. The summed E-state index contributed by atoms with van der Waals surface area (Å²) >= 11 is 10.2. The van der Waals surface area contributed by atoms with Crippen LogP contribution in [0.5, 0.6) is 5.75 Å². The summed E-state index contributed by atoms with van der Waals surface area (Å²) in [5.41, 5.74) is 1.04. The molecule has 1 unspecified atom stereocenters. The molecule has 1 atom stereocenters. The Bertz CT molecular complexity index is 404. The number of Topliss-reactive ketones (excluding diaryl/α,β-unsaturated/α-hetero) is 1. The van der Waals surface area contributed by atoms with Crippen LogP contribution in [0.25, 0.3) is 0 Å². The van der Waals surface area contributed by atoms with Gasteiger partial charge >= 0.3 is 0 Å². The molecule has 0 N–H and O–H groups in total. The highest BCUT2D eigenvalue weighted by molar-refractivity contribution is 9.11. The molecule has 1 rings (SSSR count). The van der Waals surface area contributed by atoms with E-state index >= 15 is 0 Å². The summed E-state index contributed by atoms with van der Waals surface area (Å²) in [5, 5.41) is 0. The third kappa shape index (κ3) is 3.57. The number of hydrogen-bond donors (Lipinski definition) is 0. The van der Waals surface area contributed by atoms with Gasteiger partial charge in [0.05, 0.1) is 16.4 Å². The summed E-state index contributed by atoms with van der Waals surface area (Å²) in [7, 11) is 1.62. The first kappa shape index (κ1) is 14.2. The molecule has 88 valence electrons. The number of carbonyl (C=O) groups excluding carboxylic acids is 1. The van der Waals surface area contributed by atoms with E-state index in [9.17, 15) is 4.79 Å². The van der Waals surface area contributed by atoms with Gasteiger partial charge < -0.3 is 4.74 Å². The fraction of sp³-hybridized carbons (Fsp3) is 0.364. The first-order chi connectivity index (χ1) is 7.45. The second-order valence-electron chi connectivity index (χ2n) is 3.36. The lowest BCUT2D eigenvalue weighted by molar-refractivity contribution is -0.116.